The second-order valence-electron chi connectivity index (χ2n) is 9.71. The van der Waals surface area contributed by atoms with Gasteiger partial charge >= 0.3 is 0 Å². The lowest BCUT2D eigenvalue weighted by Crippen LogP contribution is -1.87. The van der Waals surface area contributed by atoms with Crippen molar-refractivity contribution < 1.29 is 9.34 Å². The predicted octanol–water partition coefficient (Wildman–Crippen LogP) is 9.77. The van der Waals surface area contributed by atoms with Crippen molar-refractivity contribution in [3.63, 3.8) is 0 Å². The highest BCUT2D eigenvalue weighted by molar-refractivity contribution is 6.38. The molecule has 8 rings (SSSR count). The van der Waals surface area contributed by atoms with Crippen LogP contribution in [-0.2, 0) is 0 Å². The molecular formula is C34H19NO3. The molecule has 0 amide bonds. The van der Waals surface area contributed by atoms with Crippen LogP contribution < -0.4 is 0 Å². The molecule has 0 spiro atoms. The second-order valence-corrected chi connectivity index (χ2v) is 9.71. The minimum Gasteiger partial charge on any atom is -0.455 e. The van der Waals surface area contributed by atoms with Gasteiger partial charge in [0.2, 0.25) is 0 Å². The van der Waals surface area contributed by atoms with Crippen LogP contribution >= 0.6 is 0 Å². The molecule has 8 aromatic rings. The summed E-state index contributed by atoms with van der Waals surface area (Å²) in [5.74, 6) is 0. The van der Waals surface area contributed by atoms with Gasteiger partial charge in [0, 0.05) is 33.7 Å². The van der Waals surface area contributed by atoms with Gasteiger partial charge in [-0.15, -0.1) is 0 Å². The van der Waals surface area contributed by atoms with E-state index in [0.29, 0.717) is 0 Å². The Balaban J connectivity index is 1.54. The van der Waals surface area contributed by atoms with E-state index in [2.05, 4.69) is 91.0 Å². The van der Waals surface area contributed by atoms with Crippen molar-refractivity contribution in [1.29, 1.82) is 0 Å². The monoisotopic (exact) mass is 489 g/mol. The van der Waals surface area contributed by atoms with E-state index in [1.54, 1.807) is 24.3 Å². The summed E-state index contributed by atoms with van der Waals surface area (Å²) in [6.07, 6.45) is 0. The van der Waals surface area contributed by atoms with E-state index >= 15 is 0 Å². The summed E-state index contributed by atoms with van der Waals surface area (Å²) in [5.41, 5.74) is 3.81. The summed E-state index contributed by atoms with van der Waals surface area (Å²) in [5, 5.41) is 22.5. The first kappa shape index (κ1) is 20.9. The maximum Gasteiger partial charge on any atom is 0.269 e. The topological polar surface area (TPSA) is 56.3 Å². The zero-order chi connectivity index (χ0) is 25.4. The normalized spacial score (nSPS) is 11.9. The van der Waals surface area contributed by atoms with Crippen LogP contribution in [0.25, 0.3) is 76.2 Å². The van der Waals surface area contributed by atoms with Crippen LogP contribution in [0.1, 0.15) is 0 Å². The predicted molar refractivity (Wildman–Crippen MR) is 156 cm³/mol. The van der Waals surface area contributed by atoms with Crippen molar-refractivity contribution in [3.05, 3.63) is 125 Å². The molecule has 4 heteroatoms. The highest BCUT2D eigenvalue weighted by atomic mass is 16.6. The molecular weight excluding hydrogens is 470 g/mol. The van der Waals surface area contributed by atoms with Gasteiger partial charge in [-0.1, -0.05) is 78.9 Å². The number of non-ortho nitro benzene ring substituents is 1. The van der Waals surface area contributed by atoms with E-state index in [0.717, 1.165) is 60.0 Å². The Hall–Kier alpha value is -5.22. The van der Waals surface area contributed by atoms with Crippen molar-refractivity contribution in [1.82, 2.24) is 0 Å². The molecule has 0 atom stereocenters. The van der Waals surface area contributed by atoms with Crippen LogP contribution in [0, 0.1) is 10.1 Å². The first-order valence-electron chi connectivity index (χ1n) is 12.5. The van der Waals surface area contributed by atoms with Crippen LogP contribution in [0.3, 0.4) is 0 Å². The zero-order valence-corrected chi connectivity index (χ0v) is 20.1. The largest absolute Gasteiger partial charge is 0.455 e. The van der Waals surface area contributed by atoms with E-state index in [1.807, 2.05) is 0 Å². The van der Waals surface area contributed by atoms with Gasteiger partial charge in [0.15, 0.2) is 0 Å². The average Bonchev–Trinajstić information content (AvgIpc) is 3.39. The molecule has 1 aromatic heterocycles. The second kappa shape index (κ2) is 7.64. The van der Waals surface area contributed by atoms with Gasteiger partial charge < -0.3 is 4.42 Å². The molecule has 0 fully saturated rings. The summed E-state index contributed by atoms with van der Waals surface area (Å²) < 4.78 is 6.81. The number of nitro groups is 1. The number of nitro benzene ring substituents is 1. The molecule has 7 aromatic carbocycles. The zero-order valence-electron chi connectivity index (χ0n) is 20.1. The van der Waals surface area contributed by atoms with E-state index in [9.17, 15) is 10.1 Å². The minimum atomic E-state index is -0.372. The lowest BCUT2D eigenvalue weighted by atomic mass is 9.92. The first-order valence-corrected chi connectivity index (χ1v) is 12.5. The highest BCUT2D eigenvalue weighted by Gasteiger charge is 2.20. The Morgan fingerprint density at radius 1 is 0.474 bits per heavy atom. The van der Waals surface area contributed by atoms with Gasteiger partial charge in [-0.3, -0.25) is 10.1 Å². The summed E-state index contributed by atoms with van der Waals surface area (Å²) in [7, 11) is 0. The molecule has 0 aliphatic rings. The number of rotatable bonds is 2. The van der Waals surface area contributed by atoms with E-state index in [1.165, 1.54) is 16.2 Å². The Morgan fingerprint density at radius 3 is 1.50 bits per heavy atom. The lowest BCUT2D eigenvalue weighted by molar-refractivity contribution is -0.384. The van der Waals surface area contributed by atoms with Crippen LogP contribution in [-0.4, -0.2) is 4.92 Å². The van der Waals surface area contributed by atoms with E-state index < -0.39 is 0 Å². The van der Waals surface area contributed by atoms with Crippen molar-refractivity contribution in [2.75, 3.05) is 0 Å². The van der Waals surface area contributed by atoms with Crippen molar-refractivity contribution >= 4 is 70.7 Å². The molecule has 0 unspecified atom stereocenters. The van der Waals surface area contributed by atoms with Crippen LogP contribution in [0.5, 0.6) is 0 Å². The third-order valence-corrected chi connectivity index (χ3v) is 7.73. The Bertz CT molecular complexity index is 2260. The standard InChI is InChI=1S/C34H19NO3/c36-35(37)22-16-13-20(14-17-22)21-15-18-29-30(19-21)25-9-2-5-11-27(25)32-31-26-10-4-1-7-23(26)24-8-3-6-12-28(24)33(31)38-34(29)32/h1-19H. The number of fused-ring (bicyclic) bond motifs is 13. The van der Waals surface area contributed by atoms with Crippen molar-refractivity contribution in [2.45, 2.75) is 0 Å². The molecule has 0 aliphatic carbocycles. The van der Waals surface area contributed by atoms with Gasteiger partial charge in [-0.25, -0.2) is 0 Å². The van der Waals surface area contributed by atoms with Crippen molar-refractivity contribution in [3.8, 4) is 11.1 Å². The smallest absolute Gasteiger partial charge is 0.269 e. The van der Waals surface area contributed by atoms with Gasteiger partial charge in [-0.05, 0) is 67.7 Å². The van der Waals surface area contributed by atoms with Gasteiger partial charge in [-0.2, -0.15) is 0 Å². The fraction of sp³-hybridized carbons (Fsp3) is 0. The molecule has 0 saturated carbocycles. The maximum atomic E-state index is 11.1. The third-order valence-electron chi connectivity index (χ3n) is 7.73. The Kier molecular flexibility index (Phi) is 4.21. The lowest BCUT2D eigenvalue weighted by Gasteiger charge is -2.10. The van der Waals surface area contributed by atoms with Gasteiger partial charge in [0.05, 0.1) is 4.92 Å². The van der Waals surface area contributed by atoms with Crippen molar-refractivity contribution in [2.24, 2.45) is 0 Å². The van der Waals surface area contributed by atoms with Gasteiger partial charge in [0.1, 0.15) is 11.2 Å². The minimum absolute atomic E-state index is 0.0865. The fourth-order valence-corrected chi connectivity index (χ4v) is 6.03. The number of hydrogen-bond donors (Lipinski definition) is 0. The van der Waals surface area contributed by atoms with Crippen LogP contribution in [0.15, 0.2) is 120 Å². The number of hydrogen-bond acceptors (Lipinski definition) is 3. The molecule has 0 saturated heterocycles. The van der Waals surface area contributed by atoms with E-state index in [-0.39, 0.29) is 10.6 Å². The average molecular weight is 490 g/mol. The molecule has 38 heavy (non-hydrogen) atoms. The Labute approximate surface area is 216 Å². The van der Waals surface area contributed by atoms with E-state index in [4.69, 9.17) is 4.42 Å². The third kappa shape index (κ3) is 2.80. The molecule has 0 bridgehead atoms. The quantitative estimate of drug-likeness (QED) is 0.138. The van der Waals surface area contributed by atoms with Gasteiger partial charge in [0.25, 0.3) is 5.69 Å². The maximum absolute atomic E-state index is 11.1. The Morgan fingerprint density at radius 2 is 0.921 bits per heavy atom. The molecule has 0 aliphatic heterocycles. The highest BCUT2D eigenvalue weighted by Crippen LogP contribution is 2.46. The summed E-state index contributed by atoms with van der Waals surface area (Å²) in [6.45, 7) is 0. The number of nitrogens with zero attached hydrogens (tertiary/aromatic N) is 1. The molecule has 0 radical (unpaired) electrons. The van der Waals surface area contributed by atoms with Crippen LogP contribution in [0.2, 0.25) is 0 Å². The number of furan rings is 1. The molecule has 4 nitrogen and oxygen atoms in total. The summed E-state index contributed by atoms with van der Waals surface area (Å²) >= 11 is 0. The van der Waals surface area contributed by atoms with Crippen LogP contribution in [0.4, 0.5) is 5.69 Å². The number of benzene rings is 7. The molecule has 1 heterocycles. The molecule has 0 N–H and O–H groups in total. The summed E-state index contributed by atoms with van der Waals surface area (Å²) in [4.78, 5) is 10.8. The SMILES string of the molecule is O=[N+]([O-])c1ccc(-c2ccc3c(c2)c2ccccc2c2c3oc3c4ccccc4c4ccccc4c32)cc1. The first-order chi connectivity index (χ1) is 18.7. The fourth-order valence-electron chi connectivity index (χ4n) is 6.03. The summed E-state index contributed by atoms with van der Waals surface area (Å²) in [6, 6.07) is 38.6. The molecule has 178 valence electrons.